The van der Waals surface area contributed by atoms with E-state index in [4.69, 9.17) is 26.3 Å². The average Bonchev–Trinajstić information content (AvgIpc) is 2.69. The van der Waals surface area contributed by atoms with E-state index in [2.05, 4.69) is 0 Å². The molecule has 1 aliphatic rings. The second kappa shape index (κ2) is 8.91. The topological polar surface area (TPSA) is 102 Å². The third kappa shape index (κ3) is 5.23. The minimum absolute atomic E-state index is 0.147. The second-order valence-corrected chi connectivity index (χ2v) is 8.97. The van der Waals surface area contributed by atoms with Gasteiger partial charge in [0.25, 0.3) is 0 Å². The van der Waals surface area contributed by atoms with Crippen LogP contribution < -0.4 is 10.2 Å². The first-order valence-corrected chi connectivity index (χ1v) is 10.7. The molecule has 0 bridgehead atoms. The first-order valence-electron chi connectivity index (χ1n) is 8.69. The van der Waals surface area contributed by atoms with Gasteiger partial charge in [-0.1, -0.05) is 11.6 Å². The van der Waals surface area contributed by atoms with Crippen molar-refractivity contribution in [2.45, 2.75) is 23.8 Å². The number of ether oxygens (including phenoxy) is 2. The summed E-state index contributed by atoms with van der Waals surface area (Å²) in [6.45, 7) is 0.270. The lowest BCUT2D eigenvalue weighted by atomic mass is 9.96. The van der Waals surface area contributed by atoms with Crippen molar-refractivity contribution in [3.8, 4) is 11.5 Å². The third-order valence-corrected chi connectivity index (χ3v) is 6.54. The molecule has 0 spiro atoms. The van der Waals surface area contributed by atoms with Gasteiger partial charge in [-0.3, -0.25) is 10.0 Å². The Kier molecular flexibility index (Phi) is 6.56. The molecule has 1 amide bonds. The monoisotopic (exact) mass is 425 g/mol. The zero-order chi connectivity index (χ0) is 20.1. The molecule has 2 aromatic rings. The Hall–Kier alpha value is -2.13. The fourth-order valence-electron chi connectivity index (χ4n) is 3.02. The number of hydroxylamine groups is 1. The molecule has 9 heteroatoms. The summed E-state index contributed by atoms with van der Waals surface area (Å²) in [5.74, 6) is -0.137. The molecule has 7 nitrogen and oxygen atoms in total. The zero-order valence-electron chi connectivity index (χ0n) is 14.9. The molecule has 0 radical (unpaired) electrons. The molecule has 1 aliphatic heterocycles. The molecule has 1 fully saturated rings. The Labute approximate surface area is 168 Å². The van der Waals surface area contributed by atoms with Gasteiger partial charge in [0.15, 0.2) is 9.84 Å². The summed E-state index contributed by atoms with van der Waals surface area (Å²) < 4.78 is 36.5. The van der Waals surface area contributed by atoms with Crippen molar-refractivity contribution in [2.24, 2.45) is 5.92 Å². The Balaban J connectivity index is 1.65. The third-order valence-electron chi connectivity index (χ3n) is 4.49. The van der Waals surface area contributed by atoms with Gasteiger partial charge in [0, 0.05) is 17.5 Å². The van der Waals surface area contributed by atoms with E-state index >= 15 is 0 Å². The van der Waals surface area contributed by atoms with Crippen LogP contribution in [0.15, 0.2) is 53.4 Å². The van der Waals surface area contributed by atoms with Gasteiger partial charge in [0.05, 0.1) is 16.8 Å². The van der Waals surface area contributed by atoms with E-state index in [-0.39, 0.29) is 23.7 Å². The summed E-state index contributed by atoms with van der Waals surface area (Å²) in [4.78, 5) is 11.7. The first kappa shape index (κ1) is 20.6. The molecule has 1 saturated heterocycles. The Morgan fingerprint density at radius 3 is 2.36 bits per heavy atom. The lowest BCUT2D eigenvalue weighted by Gasteiger charge is -2.28. The van der Waals surface area contributed by atoms with Crippen LogP contribution in [-0.2, 0) is 19.4 Å². The zero-order valence-corrected chi connectivity index (χ0v) is 16.4. The molecule has 28 heavy (non-hydrogen) atoms. The summed E-state index contributed by atoms with van der Waals surface area (Å²) in [6.07, 6.45) is 0.0781. The van der Waals surface area contributed by atoms with Crippen molar-refractivity contribution in [1.29, 1.82) is 0 Å². The highest BCUT2D eigenvalue weighted by atomic mass is 35.5. The summed E-state index contributed by atoms with van der Waals surface area (Å²) >= 11 is 5.83. The van der Waals surface area contributed by atoms with Crippen LogP contribution in [0, 0.1) is 5.92 Å². The maximum absolute atomic E-state index is 12.7. The van der Waals surface area contributed by atoms with E-state index in [0.717, 1.165) is 0 Å². The van der Waals surface area contributed by atoms with Crippen molar-refractivity contribution >= 4 is 27.3 Å². The van der Waals surface area contributed by atoms with Gasteiger partial charge in [-0.25, -0.2) is 13.9 Å². The highest BCUT2D eigenvalue weighted by Gasteiger charge is 2.31. The quantitative estimate of drug-likeness (QED) is 0.544. The Morgan fingerprint density at radius 1 is 1.14 bits per heavy atom. The molecule has 1 heterocycles. The van der Waals surface area contributed by atoms with Gasteiger partial charge in [0.1, 0.15) is 11.5 Å². The van der Waals surface area contributed by atoms with Crippen LogP contribution in [0.4, 0.5) is 0 Å². The molecule has 2 aromatic carbocycles. The Bertz CT molecular complexity index is 914. The van der Waals surface area contributed by atoms with Gasteiger partial charge in [0.2, 0.25) is 5.91 Å². The molecule has 2 unspecified atom stereocenters. The van der Waals surface area contributed by atoms with Crippen LogP contribution in [0.5, 0.6) is 11.5 Å². The van der Waals surface area contributed by atoms with Crippen molar-refractivity contribution in [1.82, 2.24) is 5.48 Å². The van der Waals surface area contributed by atoms with Gasteiger partial charge in [-0.15, -0.1) is 0 Å². The minimum Gasteiger partial charge on any atom is -0.457 e. The summed E-state index contributed by atoms with van der Waals surface area (Å²) in [5.41, 5.74) is 1.61. The van der Waals surface area contributed by atoms with Crippen LogP contribution in [0.1, 0.15) is 12.8 Å². The predicted molar refractivity (Wildman–Crippen MR) is 102 cm³/mol. The lowest BCUT2D eigenvalue weighted by molar-refractivity contribution is -0.138. The number of nitrogens with one attached hydrogen (secondary N) is 1. The van der Waals surface area contributed by atoms with E-state index in [1.165, 1.54) is 12.1 Å². The SMILES string of the molecule is O=C(NO)C1CCOC(CS(=O)(=O)c2ccc(Oc3ccc(Cl)cc3)cc2)C1. The number of hydrogen-bond acceptors (Lipinski definition) is 6. The van der Waals surface area contributed by atoms with E-state index < -0.39 is 27.8 Å². The van der Waals surface area contributed by atoms with Gasteiger partial charge in [-0.2, -0.15) is 0 Å². The highest BCUT2D eigenvalue weighted by Crippen LogP contribution is 2.27. The number of hydrogen-bond donors (Lipinski definition) is 2. The first-order chi connectivity index (χ1) is 13.4. The molecule has 2 atom stereocenters. The van der Waals surface area contributed by atoms with Crippen molar-refractivity contribution in [2.75, 3.05) is 12.4 Å². The number of carbonyl (C=O) groups excluding carboxylic acids is 1. The van der Waals surface area contributed by atoms with E-state index in [1.807, 2.05) is 0 Å². The minimum atomic E-state index is -3.60. The molecule has 0 saturated carbocycles. The number of rotatable bonds is 6. The summed E-state index contributed by atoms with van der Waals surface area (Å²) in [5, 5.41) is 9.35. The standard InChI is InChI=1S/C19H20ClNO6S/c20-14-1-3-15(4-2-14)27-16-5-7-18(8-6-16)28(24,25)12-17-11-13(9-10-26-17)19(22)21-23/h1-8,13,17,23H,9-12H2,(H,21,22). The second-order valence-electron chi connectivity index (χ2n) is 6.50. The van der Waals surface area contributed by atoms with E-state index in [9.17, 15) is 13.2 Å². The summed E-state index contributed by atoms with van der Waals surface area (Å²) in [7, 11) is -3.60. The van der Waals surface area contributed by atoms with Gasteiger partial charge < -0.3 is 9.47 Å². The van der Waals surface area contributed by atoms with E-state index in [0.29, 0.717) is 22.9 Å². The molecular formula is C19H20ClNO6S. The van der Waals surface area contributed by atoms with Gasteiger partial charge >= 0.3 is 0 Å². The fraction of sp³-hybridized carbons (Fsp3) is 0.316. The lowest BCUT2D eigenvalue weighted by Crippen LogP contribution is -2.38. The average molecular weight is 426 g/mol. The van der Waals surface area contributed by atoms with Crippen LogP contribution in [0.25, 0.3) is 0 Å². The van der Waals surface area contributed by atoms with Crippen molar-refractivity contribution in [3.05, 3.63) is 53.6 Å². The smallest absolute Gasteiger partial charge is 0.246 e. The normalized spacial score (nSPS) is 19.8. The van der Waals surface area contributed by atoms with Crippen LogP contribution in [0.2, 0.25) is 5.02 Å². The number of amides is 1. The maximum atomic E-state index is 12.7. The molecule has 150 valence electrons. The number of carbonyl (C=O) groups is 1. The van der Waals surface area contributed by atoms with Crippen LogP contribution in [-0.4, -0.2) is 38.0 Å². The summed E-state index contributed by atoms with van der Waals surface area (Å²) in [6, 6.07) is 12.9. The van der Waals surface area contributed by atoms with Crippen molar-refractivity contribution in [3.63, 3.8) is 0 Å². The number of halogens is 1. The molecule has 0 aliphatic carbocycles. The molecule has 3 rings (SSSR count). The molecular weight excluding hydrogens is 406 g/mol. The van der Waals surface area contributed by atoms with Crippen molar-refractivity contribution < 1.29 is 27.9 Å². The number of benzene rings is 2. The number of sulfone groups is 1. The van der Waals surface area contributed by atoms with E-state index in [1.54, 1.807) is 41.9 Å². The van der Waals surface area contributed by atoms with Crippen LogP contribution >= 0.6 is 11.6 Å². The fourth-order valence-corrected chi connectivity index (χ4v) is 4.61. The van der Waals surface area contributed by atoms with Gasteiger partial charge in [-0.05, 0) is 61.4 Å². The maximum Gasteiger partial charge on any atom is 0.246 e. The molecule has 0 aromatic heterocycles. The Morgan fingerprint density at radius 2 is 1.75 bits per heavy atom. The highest BCUT2D eigenvalue weighted by molar-refractivity contribution is 7.91. The largest absolute Gasteiger partial charge is 0.457 e. The molecule has 2 N–H and O–H groups in total. The van der Waals surface area contributed by atoms with Crippen LogP contribution in [0.3, 0.4) is 0 Å². The predicted octanol–water partition coefficient (Wildman–Crippen LogP) is 3.21.